The van der Waals surface area contributed by atoms with Gasteiger partial charge in [-0.3, -0.25) is 4.79 Å². The molecule has 0 aliphatic rings. The first-order valence-corrected chi connectivity index (χ1v) is 9.25. The molecular weight excluding hydrogens is 348 g/mol. The van der Waals surface area contributed by atoms with Crippen LogP contribution in [0, 0.1) is 0 Å². The molecule has 5 N–H and O–H groups in total. The molecule has 5 nitrogen and oxygen atoms in total. The van der Waals surface area contributed by atoms with E-state index >= 15 is 0 Å². The highest BCUT2D eigenvalue weighted by molar-refractivity contribution is 5.91. The van der Waals surface area contributed by atoms with Crippen LogP contribution in [0.25, 0.3) is 21.5 Å². The lowest BCUT2D eigenvalue weighted by Gasteiger charge is -2.14. The van der Waals surface area contributed by atoms with Crippen molar-refractivity contribution >= 4 is 33.3 Å². The van der Waals surface area contributed by atoms with Crippen molar-refractivity contribution in [2.24, 2.45) is 5.73 Å². The van der Waals surface area contributed by atoms with E-state index in [-0.39, 0.29) is 5.91 Å². The van der Waals surface area contributed by atoms with E-state index in [0.717, 1.165) is 32.7 Å². The Kier molecular flexibility index (Phi) is 4.91. The highest BCUT2D eigenvalue weighted by Crippen LogP contribution is 2.21. The molecule has 1 amide bonds. The van der Waals surface area contributed by atoms with E-state index in [2.05, 4.69) is 28.5 Å². The van der Waals surface area contributed by atoms with E-state index in [1.165, 1.54) is 0 Å². The Bertz CT molecular complexity index is 1150. The van der Waals surface area contributed by atoms with Gasteiger partial charge in [0.25, 0.3) is 0 Å². The molecule has 4 rings (SSSR count). The standard InChI is InChI=1S/C23H22N4O/c24-21(13-17-6-3-5-16-4-1-2-7-19(16)17)23(28)27-14-15-8-9-20-18(12-15)10-11-26-22(20)25/h1-12,21H,13-14,24H2,(H2,25,26)(H,27,28). The predicted molar refractivity (Wildman–Crippen MR) is 114 cm³/mol. The molecule has 0 bridgehead atoms. The normalized spacial score (nSPS) is 12.2. The van der Waals surface area contributed by atoms with Crippen LogP contribution in [0.3, 0.4) is 0 Å². The summed E-state index contributed by atoms with van der Waals surface area (Å²) >= 11 is 0. The molecule has 0 aliphatic heterocycles. The summed E-state index contributed by atoms with van der Waals surface area (Å²) < 4.78 is 0. The van der Waals surface area contributed by atoms with E-state index in [0.29, 0.717) is 18.8 Å². The van der Waals surface area contributed by atoms with Crippen LogP contribution in [0.1, 0.15) is 11.1 Å². The van der Waals surface area contributed by atoms with Gasteiger partial charge in [-0.15, -0.1) is 0 Å². The topological polar surface area (TPSA) is 94.0 Å². The fraction of sp³-hybridized carbons (Fsp3) is 0.130. The highest BCUT2D eigenvalue weighted by Gasteiger charge is 2.15. The molecule has 1 unspecified atom stereocenters. The Balaban J connectivity index is 1.43. The Morgan fingerprint density at radius 1 is 0.964 bits per heavy atom. The van der Waals surface area contributed by atoms with Gasteiger partial charge in [0.2, 0.25) is 5.91 Å². The van der Waals surface area contributed by atoms with Crippen molar-refractivity contribution in [1.82, 2.24) is 10.3 Å². The zero-order chi connectivity index (χ0) is 19.5. The summed E-state index contributed by atoms with van der Waals surface area (Å²) in [5.74, 6) is 0.340. The Morgan fingerprint density at radius 3 is 2.68 bits per heavy atom. The van der Waals surface area contributed by atoms with Gasteiger partial charge in [-0.25, -0.2) is 4.98 Å². The van der Waals surface area contributed by atoms with Gasteiger partial charge < -0.3 is 16.8 Å². The molecule has 3 aromatic carbocycles. The van der Waals surface area contributed by atoms with Crippen LogP contribution in [0.15, 0.2) is 72.9 Å². The number of hydrogen-bond donors (Lipinski definition) is 3. The van der Waals surface area contributed by atoms with E-state index < -0.39 is 6.04 Å². The molecule has 0 radical (unpaired) electrons. The first kappa shape index (κ1) is 17.9. The second-order valence-corrected chi connectivity index (χ2v) is 6.92. The van der Waals surface area contributed by atoms with Crippen LogP contribution < -0.4 is 16.8 Å². The Hall–Kier alpha value is -3.44. The molecule has 5 heteroatoms. The minimum absolute atomic E-state index is 0.165. The second kappa shape index (κ2) is 7.66. The van der Waals surface area contributed by atoms with Crippen LogP contribution in [0.5, 0.6) is 0 Å². The highest BCUT2D eigenvalue weighted by atomic mass is 16.2. The summed E-state index contributed by atoms with van der Waals surface area (Å²) in [6.07, 6.45) is 2.17. The predicted octanol–water partition coefficient (Wildman–Crippen LogP) is 3.16. The molecule has 1 heterocycles. The number of fused-ring (bicyclic) bond motifs is 2. The summed E-state index contributed by atoms with van der Waals surface area (Å²) in [7, 11) is 0. The molecule has 1 atom stereocenters. The molecule has 0 saturated heterocycles. The number of carbonyl (C=O) groups is 1. The van der Waals surface area contributed by atoms with Crippen molar-refractivity contribution in [3.8, 4) is 0 Å². The van der Waals surface area contributed by atoms with E-state index in [1.54, 1.807) is 6.20 Å². The summed E-state index contributed by atoms with van der Waals surface area (Å²) in [4.78, 5) is 16.6. The van der Waals surface area contributed by atoms with Crippen molar-refractivity contribution < 1.29 is 4.79 Å². The van der Waals surface area contributed by atoms with Crippen molar-refractivity contribution in [3.63, 3.8) is 0 Å². The summed E-state index contributed by atoms with van der Waals surface area (Å²) in [5, 5.41) is 7.13. The third-order valence-corrected chi connectivity index (χ3v) is 4.98. The van der Waals surface area contributed by atoms with Gasteiger partial charge in [0.05, 0.1) is 6.04 Å². The Labute approximate surface area is 163 Å². The van der Waals surface area contributed by atoms with Crippen LogP contribution >= 0.6 is 0 Å². The number of rotatable bonds is 5. The third kappa shape index (κ3) is 3.66. The summed E-state index contributed by atoms with van der Waals surface area (Å²) in [5.41, 5.74) is 14.1. The number of nitrogens with two attached hydrogens (primary N) is 2. The zero-order valence-electron chi connectivity index (χ0n) is 15.4. The fourth-order valence-electron chi connectivity index (χ4n) is 3.48. The summed E-state index contributed by atoms with van der Waals surface area (Å²) in [6, 6.07) is 21.4. The lowest BCUT2D eigenvalue weighted by molar-refractivity contribution is -0.122. The number of amides is 1. The van der Waals surface area contributed by atoms with Crippen molar-refractivity contribution in [2.45, 2.75) is 19.0 Å². The van der Waals surface area contributed by atoms with Crippen molar-refractivity contribution in [1.29, 1.82) is 0 Å². The second-order valence-electron chi connectivity index (χ2n) is 6.92. The molecule has 0 spiro atoms. The van der Waals surface area contributed by atoms with Crippen LogP contribution in [0.4, 0.5) is 5.82 Å². The van der Waals surface area contributed by atoms with Crippen LogP contribution in [-0.2, 0) is 17.8 Å². The first-order chi connectivity index (χ1) is 13.6. The zero-order valence-corrected chi connectivity index (χ0v) is 15.4. The molecule has 0 fully saturated rings. The lowest BCUT2D eigenvalue weighted by Crippen LogP contribution is -2.41. The number of benzene rings is 3. The maximum Gasteiger partial charge on any atom is 0.237 e. The van der Waals surface area contributed by atoms with Crippen LogP contribution in [-0.4, -0.2) is 16.9 Å². The fourth-order valence-corrected chi connectivity index (χ4v) is 3.48. The van der Waals surface area contributed by atoms with Crippen LogP contribution in [0.2, 0.25) is 0 Å². The maximum atomic E-state index is 12.5. The number of carbonyl (C=O) groups excluding carboxylic acids is 1. The van der Waals surface area contributed by atoms with E-state index in [9.17, 15) is 4.79 Å². The molecule has 4 aromatic rings. The minimum Gasteiger partial charge on any atom is -0.383 e. The number of nitrogen functional groups attached to an aromatic ring is 1. The maximum absolute atomic E-state index is 12.5. The SMILES string of the molecule is Nc1nccc2cc(CNC(=O)C(N)Cc3cccc4ccccc34)ccc12. The number of pyridine rings is 1. The van der Waals surface area contributed by atoms with Gasteiger partial charge in [0.15, 0.2) is 0 Å². The molecule has 140 valence electrons. The molecule has 0 aliphatic carbocycles. The quantitative estimate of drug-likeness (QED) is 0.503. The van der Waals surface area contributed by atoms with E-state index in [1.807, 2.05) is 48.5 Å². The first-order valence-electron chi connectivity index (χ1n) is 9.25. The van der Waals surface area contributed by atoms with E-state index in [4.69, 9.17) is 11.5 Å². The lowest BCUT2D eigenvalue weighted by atomic mass is 9.99. The summed E-state index contributed by atoms with van der Waals surface area (Å²) in [6.45, 7) is 0.417. The van der Waals surface area contributed by atoms with Crippen molar-refractivity contribution in [3.05, 3.63) is 84.1 Å². The smallest absolute Gasteiger partial charge is 0.237 e. The number of hydrogen-bond acceptors (Lipinski definition) is 4. The molecule has 1 aromatic heterocycles. The van der Waals surface area contributed by atoms with Gasteiger partial charge in [-0.05, 0) is 45.8 Å². The monoisotopic (exact) mass is 370 g/mol. The average Bonchev–Trinajstić information content (AvgIpc) is 2.72. The van der Waals surface area contributed by atoms with Gasteiger partial charge in [-0.1, -0.05) is 54.6 Å². The minimum atomic E-state index is -0.605. The van der Waals surface area contributed by atoms with Crippen molar-refractivity contribution in [2.75, 3.05) is 5.73 Å². The third-order valence-electron chi connectivity index (χ3n) is 4.98. The molecule has 28 heavy (non-hydrogen) atoms. The number of anilines is 1. The number of aromatic nitrogens is 1. The van der Waals surface area contributed by atoms with Gasteiger partial charge >= 0.3 is 0 Å². The van der Waals surface area contributed by atoms with Gasteiger partial charge in [0, 0.05) is 18.1 Å². The van der Waals surface area contributed by atoms with Gasteiger partial charge in [-0.2, -0.15) is 0 Å². The molecular formula is C23H22N4O. The average molecular weight is 370 g/mol. The molecule has 0 saturated carbocycles. The largest absolute Gasteiger partial charge is 0.383 e. The Morgan fingerprint density at radius 2 is 1.79 bits per heavy atom. The number of nitrogens with zero attached hydrogens (tertiary/aromatic N) is 1. The number of nitrogens with one attached hydrogen (secondary N) is 1. The van der Waals surface area contributed by atoms with Gasteiger partial charge in [0.1, 0.15) is 5.82 Å².